The first kappa shape index (κ1) is 8.52. The van der Waals surface area contributed by atoms with Crippen LogP contribution in [-0.4, -0.2) is 34.7 Å². The number of rotatable bonds is 2. The SMILES string of the molecule is CCCN1C2CC[C@@H]1CC(O)C2. The molecule has 2 aliphatic heterocycles. The molecule has 0 spiro atoms. The zero-order valence-corrected chi connectivity index (χ0v) is 7.87. The van der Waals surface area contributed by atoms with E-state index in [9.17, 15) is 5.11 Å². The Bertz CT molecular complexity index is 146. The van der Waals surface area contributed by atoms with Gasteiger partial charge in [-0.1, -0.05) is 6.92 Å². The van der Waals surface area contributed by atoms with E-state index in [0.717, 1.165) is 12.8 Å². The first-order chi connectivity index (χ1) is 5.81. The Balaban J connectivity index is 1.99. The van der Waals surface area contributed by atoms with Gasteiger partial charge in [0.2, 0.25) is 0 Å². The predicted octanol–water partition coefficient (Wildman–Crippen LogP) is 1.38. The van der Waals surface area contributed by atoms with Crippen LogP contribution in [0.15, 0.2) is 0 Å². The van der Waals surface area contributed by atoms with Crippen molar-refractivity contribution >= 4 is 0 Å². The number of piperidine rings is 1. The summed E-state index contributed by atoms with van der Waals surface area (Å²) in [4.78, 5) is 2.62. The number of nitrogens with zero attached hydrogens (tertiary/aromatic N) is 1. The summed E-state index contributed by atoms with van der Waals surface area (Å²) in [6.45, 7) is 3.48. The van der Waals surface area contributed by atoms with Crippen LogP contribution in [0.5, 0.6) is 0 Å². The molecule has 0 radical (unpaired) electrons. The molecule has 1 N–H and O–H groups in total. The van der Waals surface area contributed by atoms with E-state index in [4.69, 9.17) is 0 Å². The van der Waals surface area contributed by atoms with Crippen LogP contribution in [0.2, 0.25) is 0 Å². The molecule has 0 aromatic carbocycles. The Morgan fingerprint density at radius 2 is 1.83 bits per heavy atom. The summed E-state index contributed by atoms with van der Waals surface area (Å²) in [7, 11) is 0. The molecule has 0 amide bonds. The van der Waals surface area contributed by atoms with E-state index >= 15 is 0 Å². The van der Waals surface area contributed by atoms with E-state index < -0.39 is 0 Å². The quantitative estimate of drug-likeness (QED) is 0.675. The molecule has 0 saturated carbocycles. The van der Waals surface area contributed by atoms with Crippen LogP contribution in [-0.2, 0) is 0 Å². The fraction of sp³-hybridized carbons (Fsp3) is 1.00. The molecule has 70 valence electrons. The molecule has 2 nitrogen and oxygen atoms in total. The van der Waals surface area contributed by atoms with Gasteiger partial charge in [0.15, 0.2) is 0 Å². The molecule has 2 aliphatic rings. The molecule has 2 fully saturated rings. The largest absolute Gasteiger partial charge is 0.393 e. The zero-order valence-electron chi connectivity index (χ0n) is 7.87. The lowest BCUT2D eigenvalue weighted by molar-refractivity contribution is 0.0356. The highest BCUT2D eigenvalue weighted by Gasteiger charge is 2.39. The minimum absolute atomic E-state index is 0.00407. The first-order valence-corrected chi connectivity index (χ1v) is 5.25. The van der Waals surface area contributed by atoms with Gasteiger partial charge in [0.05, 0.1) is 6.10 Å². The Morgan fingerprint density at radius 1 is 1.25 bits per heavy atom. The molecule has 2 rings (SSSR count). The van der Waals surface area contributed by atoms with Crippen molar-refractivity contribution in [1.82, 2.24) is 4.90 Å². The third-order valence-electron chi connectivity index (χ3n) is 3.34. The van der Waals surface area contributed by atoms with Gasteiger partial charge in [-0.25, -0.2) is 0 Å². The lowest BCUT2D eigenvalue weighted by Gasteiger charge is -2.36. The standard InChI is InChI=1S/C10H19NO/c1-2-5-11-8-3-4-9(11)7-10(12)6-8/h8-10,12H,2-7H2,1H3/t8-,9?,10?/m1/s1. The van der Waals surface area contributed by atoms with Gasteiger partial charge in [0.25, 0.3) is 0 Å². The second kappa shape index (κ2) is 3.35. The number of aliphatic hydroxyl groups is 1. The Morgan fingerprint density at radius 3 is 2.33 bits per heavy atom. The molecule has 2 saturated heterocycles. The van der Waals surface area contributed by atoms with Crippen molar-refractivity contribution in [2.24, 2.45) is 0 Å². The highest BCUT2D eigenvalue weighted by molar-refractivity contribution is 4.94. The Hall–Kier alpha value is -0.0800. The second-order valence-electron chi connectivity index (χ2n) is 4.25. The molecule has 2 unspecified atom stereocenters. The van der Waals surface area contributed by atoms with Gasteiger partial charge in [-0.3, -0.25) is 4.90 Å². The van der Waals surface area contributed by atoms with Crippen molar-refractivity contribution in [2.75, 3.05) is 6.54 Å². The van der Waals surface area contributed by atoms with Crippen molar-refractivity contribution in [2.45, 2.75) is 57.2 Å². The van der Waals surface area contributed by atoms with Crippen LogP contribution in [0.1, 0.15) is 39.0 Å². The summed E-state index contributed by atoms with van der Waals surface area (Å²) in [6.07, 6.45) is 5.94. The van der Waals surface area contributed by atoms with Gasteiger partial charge < -0.3 is 5.11 Å². The minimum Gasteiger partial charge on any atom is -0.393 e. The van der Waals surface area contributed by atoms with Gasteiger partial charge in [-0.05, 0) is 38.6 Å². The number of aliphatic hydroxyl groups excluding tert-OH is 1. The zero-order chi connectivity index (χ0) is 8.55. The van der Waals surface area contributed by atoms with E-state index in [1.54, 1.807) is 0 Å². The van der Waals surface area contributed by atoms with E-state index in [0.29, 0.717) is 12.1 Å². The highest BCUT2D eigenvalue weighted by atomic mass is 16.3. The third-order valence-corrected chi connectivity index (χ3v) is 3.34. The molecule has 2 heteroatoms. The van der Waals surface area contributed by atoms with E-state index in [1.807, 2.05) is 0 Å². The first-order valence-electron chi connectivity index (χ1n) is 5.25. The summed E-state index contributed by atoms with van der Waals surface area (Å²) in [6, 6.07) is 1.41. The fourth-order valence-corrected chi connectivity index (χ4v) is 2.87. The summed E-state index contributed by atoms with van der Waals surface area (Å²) in [5, 5.41) is 9.55. The number of fused-ring (bicyclic) bond motifs is 2. The predicted molar refractivity (Wildman–Crippen MR) is 49.0 cm³/mol. The third kappa shape index (κ3) is 1.38. The lowest BCUT2D eigenvalue weighted by Crippen LogP contribution is -2.44. The molecule has 2 bridgehead atoms. The fourth-order valence-electron chi connectivity index (χ4n) is 2.87. The van der Waals surface area contributed by atoms with Crippen LogP contribution >= 0.6 is 0 Å². The Labute approximate surface area is 74.6 Å². The lowest BCUT2D eigenvalue weighted by atomic mass is 10.00. The van der Waals surface area contributed by atoms with Crippen LogP contribution in [0.25, 0.3) is 0 Å². The van der Waals surface area contributed by atoms with Crippen LogP contribution in [0, 0.1) is 0 Å². The van der Waals surface area contributed by atoms with Crippen molar-refractivity contribution < 1.29 is 5.11 Å². The molecular formula is C10H19NO. The van der Waals surface area contributed by atoms with Gasteiger partial charge in [-0.15, -0.1) is 0 Å². The smallest absolute Gasteiger partial charge is 0.0570 e. The average molecular weight is 169 g/mol. The summed E-state index contributed by atoms with van der Waals surface area (Å²) in [5.74, 6) is 0. The van der Waals surface area contributed by atoms with Crippen molar-refractivity contribution in [1.29, 1.82) is 0 Å². The molecule has 3 atom stereocenters. The monoisotopic (exact) mass is 169 g/mol. The second-order valence-corrected chi connectivity index (χ2v) is 4.25. The van der Waals surface area contributed by atoms with Gasteiger partial charge >= 0.3 is 0 Å². The molecule has 2 heterocycles. The van der Waals surface area contributed by atoms with Crippen molar-refractivity contribution in [3.05, 3.63) is 0 Å². The maximum absolute atomic E-state index is 9.55. The van der Waals surface area contributed by atoms with Gasteiger partial charge in [0, 0.05) is 12.1 Å². The molecule has 12 heavy (non-hydrogen) atoms. The van der Waals surface area contributed by atoms with E-state index in [1.165, 1.54) is 25.8 Å². The average Bonchev–Trinajstić information content (AvgIpc) is 2.32. The van der Waals surface area contributed by atoms with Crippen LogP contribution in [0.3, 0.4) is 0 Å². The number of hydrogen-bond donors (Lipinski definition) is 1. The molecule has 0 aromatic heterocycles. The van der Waals surface area contributed by atoms with Crippen LogP contribution in [0.4, 0.5) is 0 Å². The summed E-state index contributed by atoms with van der Waals surface area (Å²) in [5.41, 5.74) is 0. The molecule has 0 aliphatic carbocycles. The number of hydrogen-bond acceptors (Lipinski definition) is 2. The summed E-state index contributed by atoms with van der Waals surface area (Å²) >= 11 is 0. The van der Waals surface area contributed by atoms with E-state index in [-0.39, 0.29) is 6.10 Å². The molecule has 0 aromatic rings. The summed E-state index contributed by atoms with van der Waals surface area (Å²) < 4.78 is 0. The minimum atomic E-state index is -0.00407. The van der Waals surface area contributed by atoms with Crippen molar-refractivity contribution in [3.63, 3.8) is 0 Å². The maximum Gasteiger partial charge on any atom is 0.0570 e. The maximum atomic E-state index is 9.55. The van der Waals surface area contributed by atoms with Gasteiger partial charge in [-0.2, -0.15) is 0 Å². The van der Waals surface area contributed by atoms with Crippen LogP contribution < -0.4 is 0 Å². The molecular weight excluding hydrogens is 150 g/mol. The highest BCUT2D eigenvalue weighted by Crippen LogP contribution is 2.35. The Kier molecular flexibility index (Phi) is 2.37. The van der Waals surface area contributed by atoms with Gasteiger partial charge in [0.1, 0.15) is 0 Å². The van der Waals surface area contributed by atoms with E-state index in [2.05, 4.69) is 11.8 Å². The topological polar surface area (TPSA) is 23.5 Å². The van der Waals surface area contributed by atoms with Crippen molar-refractivity contribution in [3.8, 4) is 0 Å². The normalized spacial score (nSPS) is 42.0.